The van der Waals surface area contributed by atoms with E-state index in [9.17, 15) is 4.79 Å². The Hall–Kier alpha value is -1.23. The molecule has 0 atom stereocenters. The highest BCUT2D eigenvalue weighted by Gasteiger charge is 2.08. The summed E-state index contributed by atoms with van der Waals surface area (Å²) in [5, 5.41) is 9.97. The second-order valence-corrected chi connectivity index (χ2v) is 5.48. The average Bonchev–Trinajstić information content (AvgIpc) is 2.38. The number of rotatable bonds is 4. The van der Waals surface area contributed by atoms with E-state index in [0.29, 0.717) is 15.8 Å². The molecule has 0 bridgehead atoms. The van der Waals surface area contributed by atoms with Gasteiger partial charge in [0.05, 0.1) is 21.3 Å². The summed E-state index contributed by atoms with van der Waals surface area (Å²) in [7, 11) is 0. The van der Waals surface area contributed by atoms with Crippen molar-refractivity contribution in [3.63, 3.8) is 0 Å². The minimum atomic E-state index is -0.985. The van der Waals surface area contributed by atoms with Crippen molar-refractivity contribution in [2.45, 2.75) is 10.6 Å². The minimum Gasteiger partial charge on any atom is -0.478 e. The molecule has 0 unspecified atom stereocenters. The fourth-order valence-corrected chi connectivity index (χ4v) is 3.00. The normalized spacial score (nSPS) is 10.4. The van der Waals surface area contributed by atoms with Crippen LogP contribution in [0.25, 0.3) is 0 Å². The lowest BCUT2D eigenvalue weighted by atomic mass is 10.2. The molecule has 98 valence electrons. The van der Waals surface area contributed by atoms with Crippen LogP contribution in [0.5, 0.6) is 0 Å². The predicted octanol–water partition coefficient (Wildman–Crippen LogP) is 4.38. The van der Waals surface area contributed by atoms with Crippen molar-refractivity contribution < 1.29 is 9.90 Å². The molecule has 1 N–H and O–H groups in total. The summed E-state index contributed by atoms with van der Waals surface area (Å²) < 4.78 is 0. The van der Waals surface area contributed by atoms with Crippen LogP contribution in [0.2, 0.25) is 10.0 Å². The Kier molecular flexibility index (Phi) is 4.69. The van der Waals surface area contributed by atoms with Crippen molar-refractivity contribution >= 4 is 40.9 Å². The first kappa shape index (κ1) is 14.2. The lowest BCUT2D eigenvalue weighted by Crippen LogP contribution is -1.98. The Morgan fingerprint density at radius 2 is 1.89 bits per heavy atom. The van der Waals surface area contributed by atoms with Gasteiger partial charge >= 0.3 is 5.97 Å². The summed E-state index contributed by atoms with van der Waals surface area (Å²) in [6.45, 7) is 0. The number of carboxylic acids is 1. The van der Waals surface area contributed by atoms with Crippen LogP contribution in [-0.4, -0.2) is 16.1 Å². The van der Waals surface area contributed by atoms with Crippen LogP contribution in [0.4, 0.5) is 0 Å². The van der Waals surface area contributed by atoms with E-state index in [1.807, 2.05) is 0 Å². The molecule has 0 saturated heterocycles. The van der Waals surface area contributed by atoms with Gasteiger partial charge < -0.3 is 5.11 Å². The number of aromatic carboxylic acids is 1. The quantitative estimate of drug-likeness (QED) is 0.851. The van der Waals surface area contributed by atoms with Gasteiger partial charge in [-0.15, -0.1) is 11.8 Å². The highest BCUT2D eigenvalue weighted by Crippen LogP contribution is 2.35. The molecule has 3 nitrogen and oxygen atoms in total. The Labute approximate surface area is 124 Å². The van der Waals surface area contributed by atoms with Gasteiger partial charge in [-0.2, -0.15) is 0 Å². The van der Waals surface area contributed by atoms with Crippen molar-refractivity contribution in [1.82, 2.24) is 4.98 Å². The first-order valence-corrected chi connectivity index (χ1v) is 7.07. The van der Waals surface area contributed by atoms with Gasteiger partial charge in [-0.05, 0) is 24.3 Å². The third-order valence-electron chi connectivity index (χ3n) is 2.36. The second-order valence-electron chi connectivity index (χ2n) is 3.68. The predicted molar refractivity (Wildman–Crippen MR) is 77.2 cm³/mol. The number of carbonyl (C=O) groups is 1. The summed E-state index contributed by atoms with van der Waals surface area (Å²) in [6, 6.07) is 8.54. The first-order chi connectivity index (χ1) is 9.08. The standard InChI is InChI=1S/C13H9Cl2NO2S/c14-10-2-1-3-11(15)12(10)19-7-9-5-4-8(6-16-9)13(17)18/h1-6H,7H2,(H,17,18). The summed E-state index contributed by atoms with van der Waals surface area (Å²) in [5.74, 6) is -0.413. The summed E-state index contributed by atoms with van der Waals surface area (Å²) in [5.41, 5.74) is 0.940. The maximum Gasteiger partial charge on any atom is 0.337 e. The van der Waals surface area contributed by atoms with E-state index in [-0.39, 0.29) is 5.56 Å². The number of thioether (sulfide) groups is 1. The molecule has 0 radical (unpaired) electrons. The molecule has 0 aliphatic rings. The number of hydrogen-bond acceptors (Lipinski definition) is 3. The molecular weight excluding hydrogens is 305 g/mol. The molecular formula is C13H9Cl2NO2S. The van der Waals surface area contributed by atoms with Crippen LogP contribution >= 0.6 is 35.0 Å². The number of carboxylic acid groups (broad SMARTS) is 1. The Morgan fingerprint density at radius 1 is 1.21 bits per heavy atom. The molecule has 0 aliphatic heterocycles. The molecule has 1 heterocycles. The highest BCUT2D eigenvalue weighted by molar-refractivity contribution is 7.98. The highest BCUT2D eigenvalue weighted by atomic mass is 35.5. The van der Waals surface area contributed by atoms with E-state index in [2.05, 4.69) is 4.98 Å². The van der Waals surface area contributed by atoms with Crippen molar-refractivity contribution in [3.05, 3.63) is 57.8 Å². The lowest BCUT2D eigenvalue weighted by molar-refractivity contribution is 0.0696. The van der Waals surface area contributed by atoms with Crippen molar-refractivity contribution in [2.75, 3.05) is 0 Å². The van der Waals surface area contributed by atoms with Gasteiger partial charge in [0.2, 0.25) is 0 Å². The van der Waals surface area contributed by atoms with E-state index < -0.39 is 5.97 Å². The topological polar surface area (TPSA) is 50.2 Å². The zero-order chi connectivity index (χ0) is 13.8. The zero-order valence-corrected chi connectivity index (χ0v) is 12.0. The Bertz CT molecular complexity index is 582. The van der Waals surface area contributed by atoms with Gasteiger partial charge in [-0.1, -0.05) is 29.3 Å². The molecule has 0 aliphatic carbocycles. The number of benzene rings is 1. The molecule has 0 amide bonds. The van der Waals surface area contributed by atoms with E-state index >= 15 is 0 Å². The van der Waals surface area contributed by atoms with Crippen LogP contribution in [0.1, 0.15) is 16.1 Å². The fourth-order valence-electron chi connectivity index (χ4n) is 1.40. The SMILES string of the molecule is O=C(O)c1ccc(CSc2c(Cl)cccc2Cl)nc1. The van der Waals surface area contributed by atoms with E-state index in [4.69, 9.17) is 28.3 Å². The third-order valence-corrected chi connectivity index (χ3v) is 4.38. The molecule has 19 heavy (non-hydrogen) atoms. The van der Waals surface area contributed by atoms with Crippen LogP contribution in [-0.2, 0) is 5.75 Å². The van der Waals surface area contributed by atoms with E-state index in [0.717, 1.165) is 10.6 Å². The molecule has 6 heteroatoms. The summed E-state index contributed by atoms with van der Waals surface area (Å²) in [6.07, 6.45) is 1.34. The Balaban J connectivity index is 2.08. The van der Waals surface area contributed by atoms with Crippen molar-refractivity contribution in [2.24, 2.45) is 0 Å². The van der Waals surface area contributed by atoms with Crippen LogP contribution < -0.4 is 0 Å². The zero-order valence-electron chi connectivity index (χ0n) is 9.64. The second kappa shape index (κ2) is 6.28. The number of hydrogen-bond donors (Lipinski definition) is 1. The smallest absolute Gasteiger partial charge is 0.337 e. The molecule has 2 rings (SSSR count). The average molecular weight is 314 g/mol. The number of nitrogens with zero attached hydrogens (tertiary/aromatic N) is 1. The summed E-state index contributed by atoms with van der Waals surface area (Å²) in [4.78, 5) is 15.6. The monoisotopic (exact) mass is 313 g/mol. The van der Waals surface area contributed by atoms with Gasteiger partial charge in [-0.25, -0.2) is 4.79 Å². The number of aromatic nitrogens is 1. The summed E-state index contributed by atoms with van der Waals surface area (Å²) >= 11 is 13.6. The number of halogens is 2. The van der Waals surface area contributed by atoms with Gasteiger partial charge in [0.15, 0.2) is 0 Å². The van der Waals surface area contributed by atoms with Crippen LogP contribution in [0, 0.1) is 0 Å². The van der Waals surface area contributed by atoms with E-state index in [1.54, 1.807) is 24.3 Å². The maximum atomic E-state index is 10.7. The minimum absolute atomic E-state index is 0.171. The molecule has 1 aromatic carbocycles. The Morgan fingerprint density at radius 3 is 2.42 bits per heavy atom. The molecule has 1 aromatic heterocycles. The van der Waals surface area contributed by atoms with Crippen molar-refractivity contribution in [1.29, 1.82) is 0 Å². The maximum absolute atomic E-state index is 10.7. The lowest BCUT2D eigenvalue weighted by Gasteiger charge is -2.06. The molecule has 2 aromatic rings. The van der Waals surface area contributed by atoms with Gasteiger partial charge in [0.1, 0.15) is 0 Å². The van der Waals surface area contributed by atoms with E-state index in [1.165, 1.54) is 24.0 Å². The van der Waals surface area contributed by atoms with Crippen molar-refractivity contribution in [3.8, 4) is 0 Å². The fraction of sp³-hybridized carbons (Fsp3) is 0.0769. The number of pyridine rings is 1. The van der Waals surface area contributed by atoms with Gasteiger partial charge in [0, 0.05) is 16.8 Å². The van der Waals surface area contributed by atoms with Crippen LogP contribution in [0.3, 0.4) is 0 Å². The van der Waals surface area contributed by atoms with Gasteiger partial charge in [0.25, 0.3) is 0 Å². The molecule has 0 saturated carbocycles. The first-order valence-electron chi connectivity index (χ1n) is 5.33. The molecule has 0 fully saturated rings. The van der Waals surface area contributed by atoms with Gasteiger partial charge in [-0.3, -0.25) is 4.98 Å². The third kappa shape index (κ3) is 3.62. The largest absolute Gasteiger partial charge is 0.478 e. The molecule has 0 spiro atoms. The van der Waals surface area contributed by atoms with Crippen LogP contribution in [0.15, 0.2) is 41.4 Å².